The highest BCUT2D eigenvalue weighted by Gasteiger charge is 2.22. The summed E-state index contributed by atoms with van der Waals surface area (Å²) in [6.45, 7) is 1.28. The zero-order valence-corrected chi connectivity index (χ0v) is 18.6. The normalized spacial score (nSPS) is 13.4. The van der Waals surface area contributed by atoms with E-state index in [0.717, 1.165) is 30.5 Å². The number of fused-ring (bicyclic) bond motifs is 1. The summed E-state index contributed by atoms with van der Waals surface area (Å²) in [6.07, 6.45) is 2.10. The Bertz CT molecular complexity index is 1420. The molecule has 35 heavy (non-hydrogen) atoms. The van der Waals surface area contributed by atoms with Gasteiger partial charge in [0.05, 0.1) is 11.1 Å². The number of halogens is 3. The second-order valence-corrected chi connectivity index (χ2v) is 8.55. The van der Waals surface area contributed by atoms with Gasteiger partial charge in [-0.1, -0.05) is 6.07 Å². The molecular weight excluding hydrogens is 457 g/mol. The lowest BCUT2D eigenvalue weighted by Crippen LogP contribution is -2.28. The van der Waals surface area contributed by atoms with Crippen molar-refractivity contribution < 1.29 is 22.8 Å². The Kier molecular flexibility index (Phi) is 5.98. The summed E-state index contributed by atoms with van der Waals surface area (Å²) < 4.78 is 41.6. The van der Waals surface area contributed by atoms with Crippen LogP contribution in [-0.4, -0.2) is 40.0 Å². The Labute approximate surface area is 198 Å². The Balaban J connectivity index is 1.39. The van der Waals surface area contributed by atoms with Crippen LogP contribution in [0.2, 0.25) is 0 Å². The first-order chi connectivity index (χ1) is 16.9. The molecule has 2 N–H and O–H groups in total. The third kappa shape index (κ3) is 4.75. The van der Waals surface area contributed by atoms with Crippen molar-refractivity contribution in [2.45, 2.75) is 19.3 Å². The van der Waals surface area contributed by atoms with Crippen molar-refractivity contribution in [2.75, 3.05) is 18.4 Å². The van der Waals surface area contributed by atoms with Crippen molar-refractivity contribution in [1.82, 2.24) is 15.1 Å². The summed E-state index contributed by atoms with van der Waals surface area (Å²) in [4.78, 5) is 27.3. The fourth-order valence-electron chi connectivity index (χ4n) is 4.33. The lowest BCUT2D eigenvalue weighted by Gasteiger charge is -2.15. The first-order valence-corrected chi connectivity index (χ1v) is 11.2. The van der Waals surface area contributed by atoms with E-state index in [1.165, 1.54) is 24.3 Å². The van der Waals surface area contributed by atoms with Crippen LogP contribution in [0.25, 0.3) is 10.9 Å². The quantitative estimate of drug-likeness (QED) is 0.421. The molecule has 1 aromatic heterocycles. The predicted molar refractivity (Wildman–Crippen MR) is 125 cm³/mol. The second kappa shape index (κ2) is 9.25. The highest BCUT2D eigenvalue weighted by molar-refractivity contribution is 6.09. The van der Waals surface area contributed by atoms with Crippen LogP contribution < -0.4 is 5.32 Å². The number of amides is 2. The Morgan fingerprint density at radius 1 is 0.914 bits per heavy atom. The molecule has 1 aliphatic rings. The first-order valence-electron chi connectivity index (χ1n) is 11.2. The van der Waals surface area contributed by atoms with Crippen LogP contribution in [0.1, 0.15) is 44.7 Å². The van der Waals surface area contributed by atoms with Crippen LogP contribution in [0, 0.1) is 17.5 Å². The molecule has 3 aromatic carbocycles. The predicted octanol–water partition coefficient (Wildman–Crippen LogP) is 5.06. The van der Waals surface area contributed by atoms with Gasteiger partial charge in [-0.15, -0.1) is 0 Å². The van der Waals surface area contributed by atoms with E-state index < -0.39 is 23.4 Å². The fraction of sp³-hybridized carbons (Fsp3) is 0.192. The van der Waals surface area contributed by atoms with Crippen molar-refractivity contribution in [2.24, 2.45) is 0 Å². The molecule has 0 bridgehead atoms. The molecule has 4 aromatic rings. The summed E-state index contributed by atoms with van der Waals surface area (Å²) in [5.74, 6) is -2.89. The van der Waals surface area contributed by atoms with Gasteiger partial charge in [0.1, 0.15) is 17.5 Å². The van der Waals surface area contributed by atoms with E-state index >= 15 is 0 Å². The van der Waals surface area contributed by atoms with Gasteiger partial charge in [-0.05, 0) is 72.9 Å². The molecule has 6 nitrogen and oxygen atoms in total. The fourth-order valence-corrected chi connectivity index (χ4v) is 4.33. The topological polar surface area (TPSA) is 78.1 Å². The van der Waals surface area contributed by atoms with Gasteiger partial charge in [0.25, 0.3) is 11.8 Å². The molecule has 5 rings (SSSR count). The molecule has 2 amide bonds. The molecule has 1 saturated heterocycles. The van der Waals surface area contributed by atoms with E-state index in [-0.39, 0.29) is 29.3 Å². The number of carbonyl (C=O) groups excluding carboxylic acids is 2. The van der Waals surface area contributed by atoms with E-state index in [1.54, 1.807) is 23.1 Å². The van der Waals surface area contributed by atoms with Gasteiger partial charge >= 0.3 is 0 Å². The maximum Gasteiger partial charge on any atom is 0.259 e. The van der Waals surface area contributed by atoms with Crippen molar-refractivity contribution in [1.29, 1.82) is 0 Å². The van der Waals surface area contributed by atoms with Gasteiger partial charge in [0.15, 0.2) is 5.82 Å². The molecule has 0 atom stereocenters. The molecule has 0 spiro atoms. The molecule has 1 fully saturated rings. The van der Waals surface area contributed by atoms with Gasteiger partial charge in [-0.2, -0.15) is 5.10 Å². The van der Waals surface area contributed by atoms with Crippen molar-refractivity contribution >= 4 is 28.5 Å². The van der Waals surface area contributed by atoms with E-state index in [4.69, 9.17) is 0 Å². The van der Waals surface area contributed by atoms with Gasteiger partial charge in [0.2, 0.25) is 0 Å². The standard InChI is InChI=1S/C26H21F3N4O2/c27-18-10-16(11-19(28)14-18)9-15-3-6-23-21(12-15)24(32-31-23)30-25(34)20-13-17(4-5-22(20)29)26(35)33-7-1-2-8-33/h3-6,10-14H,1-2,7-9H2,(H2,30,31,32,34). The van der Waals surface area contributed by atoms with Crippen molar-refractivity contribution in [3.8, 4) is 0 Å². The average molecular weight is 478 g/mol. The summed E-state index contributed by atoms with van der Waals surface area (Å²) in [7, 11) is 0. The highest BCUT2D eigenvalue weighted by Crippen LogP contribution is 2.25. The number of hydrogen-bond donors (Lipinski definition) is 2. The molecule has 0 saturated carbocycles. The van der Waals surface area contributed by atoms with Gasteiger partial charge < -0.3 is 10.2 Å². The molecule has 2 heterocycles. The van der Waals surface area contributed by atoms with Gasteiger partial charge in [-0.3, -0.25) is 14.7 Å². The molecule has 0 unspecified atom stereocenters. The molecule has 178 valence electrons. The summed E-state index contributed by atoms with van der Waals surface area (Å²) in [5, 5.41) is 10.1. The number of aromatic amines is 1. The number of nitrogens with zero attached hydrogens (tertiary/aromatic N) is 2. The van der Waals surface area contributed by atoms with Crippen molar-refractivity contribution in [3.05, 3.63) is 94.3 Å². The minimum absolute atomic E-state index is 0.174. The van der Waals surface area contributed by atoms with Gasteiger partial charge in [0, 0.05) is 30.1 Å². The van der Waals surface area contributed by atoms with Crippen LogP contribution in [0.4, 0.5) is 19.0 Å². The zero-order valence-electron chi connectivity index (χ0n) is 18.6. The minimum atomic E-state index is -0.755. The largest absolute Gasteiger partial charge is 0.339 e. The zero-order chi connectivity index (χ0) is 24.5. The lowest BCUT2D eigenvalue weighted by molar-refractivity contribution is 0.0792. The Morgan fingerprint density at radius 3 is 2.40 bits per heavy atom. The molecule has 0 radical (unpaired) electrons. The Morgan fingerprint density at radius 2 is 1.66 bits per heavy atom. The summed E-state index contributed by atoms with van der Waals surface area (Å²) in [5.41, 5.74) is 1.79. The summed E-state index contributed by atoms with van der Waals surface area (Å²) >= 11 is 0. The number of carbonyl (C=O) groups is 2. The SMILES string of the molecule is O=C(Nc1n[nH]c2ccc(Cc3cc(F)cc(F)c3)cc12)c1cc(C(=O)N2CCCC2)ccc1F. The van der Waals surface area contributed by atoms with E-state index in [1.807, 2.05) is 0 Å². The number of benzene rings is 3. The molecule has 0 aliphatic carbocycles. The van der Waals surface area contributed by atoms with Crippen LogP contribution >= 0.6 is 0 Å². The van der Waals surface area contributed by atoms with Crippen LogP contribution in [0.5, 0.6) is 0 Å². The van der Waals surface area contributed by atoms with Crippen LogP contribution in [-0.2, 0) is 6.42 Å². The monoisotopic (exact) mass is 478 g/mol. The maximum atomic E-state index is 14.5. The molecule has 9 heteroatoms. The number of nitrogens with one attached hydrogen (secondary N) is 2. The highest BCUT2D eigenvalue weighted by atomic mass is 19.1. The number of rotatable bonds is 5. The second-order valence-electron chi connectivity index (χ2n) is 8.55. The lowest BCUT2D eigenvalue weighted by atomic mass is 10.0. The number of hydrogen-bond acceptors (Lipinski definition) is 3. The Hall–Kier alpha value is -4.14. The number of H-pyrrole nitrogens is 1. The summed E-state index contributed by atoms with van der Waals surface area (Å²) in [6, 6.07) is 12.3. The van der Waals surface area contributed by atoms with E-state index in [0.29, 0.717) is 29.6 Å². The number of aromatic nitrogens is 2. The average Bonchev–Trinajstić information content (AvgIpc) is 3.49. The smallest absolute Gasteiger partial charge is 0.259 e. The first kappa shape index (κ1) is 22.6. The van der Waals surface area contributed by atoms with Crippen molar-refractivity contribution in [3.63, 3.8) is 0 Å². The maximum absolute atomic E-state index is 14.5. The third-order valence-electron chi connectivity index (χ3n) is 6.04. The molecule has 1 aliphatic heterocycles. The van der Waals surface area contributed by atoms with Crippen LogP contribution in [0.3, 0.4) is 0 Å². The minimum Gasteiger partial charge on any atom is -0.339 e. The van der Waals surface area contributed by atoms with Crippen LogP contribution in [0.15, 0.2) is 54.6 Å². The third-order valence-corrected chi connectivity index (χ3v) is 6.04. The van der Waals surface area contributed by atoms with Gasteiger partial charge in [-0.25, -0.2) is 13.2 Å². The number of anilines is 1. The van der Waals surface area contributed by atoms with E-state index in [2.05, 4.69) is 15.5 Å². The number of likely N-dealkylation sites (tertiary alicyclic amines) is 1. The van der Waals surface area contributed by atoms with E-state index in [9.17, 15) is 22.8 Å². The molecular formula is C26H21F3N4O2.